The van der Waals surface area contributed by atoms with Crippen molar-refractivity contribution >= 4 is 12.2 Å². The molecule has 0 saturated heterocycles. The summed E-state index contributed by atoms with van der Waals surface area (Å²) >= 11 is 5.13. The standard InChI is InChI=1S/C16H14F3N3O2S/c1-21(9-11-4-6-12(7-5-11)16(17,18)19)10-22-15(25)24-14(20-22)13-3-2-8-23-13/h2-8H,9-10H2,1H3. The van der Waals surface area contributed by atoms with Gasteiger partial charge in [-0.3, -0.25) is 4.90 Å². The average Bonchev–Trinajstić information content (AvgIpc) is 3.17. The predicted molar refractivity (Wildman–Crippen MR) is 85.9 cm³/mol. The highest BCUT2D eigenvalue weighted by molar-refractivity contribution is 7.71. The fourth-order valence-electron chi connectivity index (χ4n) is 2.28. The van der Waals surface area contributed by atoms with Gasteiger partial charge in [0, 0.05) is 6.54 Å². The highest BCUT2D eigenvalue weighted by Crippen LogP contribution is 2.29. The minimum Gasteiger partial charge on any atom is -0.459 e. The number of nitrogens with zero attached hydrogens (tertiary/aromatic N) is 3. The second-order valence-electron chi connectivity index (χ2n) is 5.50. The van der Waals surface area contributed by atoms with E-state index in [-0.39, 0.29) is 10.7 Å². The van der Waals surface area contributed by atoms with E-state index >= 15 is 0 Å². The first kappa shape index (κ1) is 17.4. The van der Waals surface area contributed by atoms with Gasteiger partial charge >= 0.3 is 6.18 Å². The monoisotopic (exact) mass is 369 g/mol. The van der Waals surface area contributed by atoms with Crippen LogP contribution < -0.4 is 0 Å². The van der Waals surface area contributed by atoms with E-state index in [1.54, 1.807) is 19.2 Å². The van der Waals surface area contributed by atoms with Crippen molar-refractivity contribution in [1.29, 1.82) is 0 Å². The third-order valence-corrected chi connectivity index (χ3v) is 3.74. The van der Waals surface area contributed by atoms with Crippen LogP contribution in [0.5, 0.6) is 0 Å². The fraction of sp³-hybridized carbons (Fsp3) is 0.250. The minimum absolute atomic E-state index is 0.186. The van der Waals surface area contributed by atoms with Gasteiger partial charge in [-0.05, 0) is 49.1 Å². The second-order valence-corrected chi connectivity index (χ2v) is 5.85. The lowest BCUT2D eigenvalue weighted by Gasteiger charge is -2.16. The molecule has 5 nitrogen and oxygen atoms in total. The summed E-state index contributed by atoms with van der Waals surface area (Å²) in [5.41, 5.74) is 0.0810. The van der Waals surface area contributed by atoms with Gasteiger partial charge in [-0.1, -0.05) is 12.1 Å². The maximum atomic E-state index is 12.6. The van der Waals surface area contributed by atoms with Gasteiger partial charge in [-0.2, -0.15) is 13.2 Å². The summed E-state index contributed by atoms with van der Waals surface area (Å²) in [5.74, 6) is 0.744. The third kappa shape index (κ3) is 4.18. The van der Waals surface area contributed by atoms with Crippen LogP contribution in [0, 0.1) is 4.84 Å². The van der Waals surface area contributed by atoms with E-state index in [1.165, 1.54) is 23.1 Å². The zero-order valence-corrected chi connectivity index (χ0v) is 14.0. The first-order valence-corrected chi connectivity index (χ1v) is 7.70. The normalized spacial score (nSPS) is 12.0. The topological polar surface area (TPSA) is 47.3 Å². The van der Waals surface area contributed by atoms with Crippen LogP contribution in [-0.4, -0.2) is 21.7 Å². The summed E-state index contributed by atoms with van der Waals surface area (Å²) in [6, 6.07) is 8.46. The van der Waals surface area contributed by atoms with Crippen LogP contribution >= 0.6 is 12.2 Å². The Balaban J connectivity index is 1.67. The van der Waals surface area contributed by atoms with Gasteiger partial charge in [0.1, 0.15) is 0 Å². The molecule has 2 aromatic heterocycles. The first-order chi connectivity index (χ1) is 11.8. The van der Waals surface area contributed by atoms with Crippen molar-refractivity contribution in [3.63, 3.8) is 0 Å². The van der Waals surface area contributed by atoms with Crippen LogP contribution in [0.25, 0.3) is 11.7 Å². The summed E-state index contributed by atoms with van der Waals surface area (Å²) in [7, 11) is 1.81. The van der Waals surface area contributed by atoms with E-state index in [1.807, 2.05) is 4.90 Å². The van der Waals surface area contributed by atoms with Crippen molar-refractivity contribution in [2.75, 3.05) is 7.05 Å². The van der Waals surface area contributed by atoms with E-state index in [4.69, 9.17) is 21.1 Å². The molecule has 0 amide bonds. The van der Waals surface area contributed by atoms with Crippen LogP contribution in [-0.2, 0) is 19.4 Å². The van der Waals surface area contributed by atoms with Crippen LogP contribution in [0.4, 0.5) is 13.2 Å². The zero-order valence-electron chi connectivity index (χ0n) is 13.2. The fourth-order valence-corrected chi connectivity index (χ4v) is 2.46. The van der Waals surface area contributed by atoms with Gasteiger partial charge in [-0.25, -0.2) is 4.68 Å². The number of benzene rings is 1. The van der Waals surface area contributed by atoms with Gasteiger partial charge in [0.2, 0.25) is 0 Å². The molecule has 2 heterocycles. The van der Waals surface area contributed by atoms with Crippen molar-refractivity contribution in [1.82, 2.24) is 14.7 Å². The van der Waals surface area contributed by atoms with Gasteiger partial charge in [0.15, 0.2) is 5.76 Å². The van der Waals surface area contributed by atoms with Crippen LogP contribution in [0.1, 0.15) is 11.1 Å². The molecule has 0 aliphatic rings. The number of aromatic nitrogens is 2. The van der Waals surface area contributed by atoms with Gasteiger partial charge < -0.3 is 8.83 Å². The lowest BCUT2D eigenvalue weighted by Crippen LogP contribution is -2.22. The Hall–Kier alpha value is -2.39. The lowest BCUT2D eigenvalue weighted by atomic mass is 10.1. The van der Waals surface area contributed by atoms with E-state index in [2.05, 4.69) is 5.10 Å². The smallest absolute Gasteiger partial charge is 0.416 e. The quantitative estimate of drug-likeness (QED) is 0.617. The number of alkyl halides is 3. The molecule has 9 heteroatoms. The van der Waals surface area contributed by atoms with Gasteiger partial charge in [-0.15, -0.1) is 5.10 Å². The first-order valence-electron chi connectivity index (χ1n) is 7.29. The number of rotatable bonds is 5. The molecule has 0 fully saturated rings. The molecule has 0 unspecified atom stereocenters. The molecular weight excluding hydrogens is 355 g/mol. The molecule has 0 spiro atoms. The van der Waals surface area contributed by atoms with E-state index in [0.29, 0.717) is 19.0 Å². The highest BCUT2D eigenvalue weighted by Gasteiger charge is 2.29. The second kappa shape index (κ2) is 6.85. The molecule has 132 valence electrons. The Morgan fingerprint density at radius 2 is 1.92 bits per heavy atom. The maximum absolute atomic E-state index is 12.6. The van der Waals surface area contributed by atoms with Gasteiger partial charge in [0.05, 0.1) is 18.5 Å². The van der Waals surface area contributed by atoms with E-state index in [9.17, 15) is 13.2 Å². The van der Waals surface area contributed by atoms with Crippen molar-refractivity contribution < 1.29 is 22.0 Å². The van der Waals surface area contributed by atoms with Crippen molar-refractivity contribution in [3.05, 3.63) is 58.6 Å². The van der Waals surface area contributed by atoms with Crippen LogP contribution in [0.15, 0.2) is 51.5 Å². The predicted octanol–water partition coefficient (Wildman–Crippen LogP) is 4.57. The van der Waals surface area contributed by atoms with Crippen LogP contribution in [0.2, 0.25) is 0 Å². The van der Waals surface area contributed by atoms with E-state index < -0.39 is 11.7 Å². The number of furan rings is 1. The minimum atomic E-state index is -4.33. The Kier molecular flexibility index (Phi) is 4.78. The maximum Gasteiger partial charge on any atom is 0.416 e. The largest absolute Gasteiger partial charge is 0.459 e. The number of hydrogen-bond acceptors (Lipinski definition) is 5. The summed E-state index contributed by atoms with van der Waals surface area (Å²) in [4.78, 5) is 2.04. The third-order valence-electron chi connectivity index (χ3n) is 3.45. The molecule has 0 N–H and O–H groups in total. The number of halogens is 3. The molecule has 3 aromatic rings. The summed E-state index contributed by atoms with van der Waals surface area (Å²) in [5, 5.41) is 4.24. The average molecular weight is 369 g/mol. The Bertz CT molecular complexity index is 883. The van der Waals surface area contributed by atoms with Crippen molar-refractivity contribution in [2.45, 2.75) is 19.4 Å². The summed E-state index contributed by atoms with van der Waals surface area (Å²) < 4.78 is 49.8. The van der Waals surface area contributed by atoms with Crippen molar-refractivity contribution in [2.24, 2.45) is 0 Å². The van der Waals surface area contributed by atoms with Crippen molar-refractivity contribution in [3.8, 4) is 11.7 Å². The zero-order chi connectivity index (χ0) is 18.0. The summed E-state index contributed by atoms with van der Waals surface area (Å²) in [6.45, 7) is 0.757. The Morgan fingerprint density at radius 1 is 1.20 bits per heavy atom. The molecular formula is C16H14F3N3O2S. The molecule has 0 atom stereocenters. The Labute approximate surface area is 146 Å². The molecule has 0 aliphatic heterocycles. The van der Waals surface area contributed by atoms with E-state index in [0.717, 1.165) is 17.7 Å². The lowest BCUT2D eigenvalue weighted by molar-refractivity contribution is -0.137. The summed E-state index contributed by atoms with van der Waals surface area (Å²) in [6.07, 6.45) is -2.83. The highest BCUT2D eigenvalue weighted by atomic mass is 32.1. The molecule has 0 radical (unpaired) electrons. The number of hydrogen-bond donors (Lipinski definition) is 0. The molecule has 3 rings (SSSR count). The van der Waals surface area contributed by atoms with Crippen LogP contribution in [0.3, 0.4) is 0 Å². The molecule has 1 aromatic carbocycles. The Morgan fingerprint density at radius 3 is 2.52 bits per heavy atom. The SMILES string of the molecule is CN(Cc1ccc(C(F)(F)F)cc1)Cn1nc(-c2ccco2)oc1=S. The molecule has 25 heavy (non-hydrogen) atoms. The molecule has 0 aliphatic carbocycles. The molecule has 0 bridgehead atoms. The van der Waals surface area contributed by atoms with Gasteiger partial charge in [0.25, 0.3) is 10.7 Å². The molecule has 0 saturated carbocycles.